The maximum absolute atomic E-state index is 13.4. The molecule has 25 heavy (non-hydrogen) atoms. The molecule has 1 N–H and O–H groups in total. The number of H-pyrrole nitrogens is 1. The molecule has 1 aromatic heterocycles. The van der Waals surface area contributed by atoms with Gasteiger partial charge in [-0.15, -0.1) is 0 Å². The van der Waals surface area contributed by atoms with Gasteiger partial charge >= 0.3 is 0 Å². The van der Waals surface area contributed by atoms with Crippen LogP contribution in [0, 0.1) is 17.6 Å². The zero-order chi connectivity index (χ0) is 18.0. The van der Waals surface area contributed by atoms with Crippen LogP contribution in [0.2, 0.25) is 0 Å². The van der Waals surface area contributed by atoms with Gasteiger partial charge < -0.3 is 9.88 Å². The van der Waals surface area contributed by atoms with E-state index in [2.05, 4.69) is 9.97 Å². The van der Waals surface area contributed by atoms with Gasteiger partial charge in [-0.2, -0.15) is 0 Å². The molecule has 0 saturated carbocycles. The fourth-order valence-electron chi connectivity index (χ4n) is 3.21. The molecule has 134 valence electrons. The first kappa shape index (κ1) is 17.6. The van der Waals surface area contributed by atoms with Crippen LogP contribution in [0.1, 0.15) is 44.9 Å². The normalized spacial score (nSPS) is 16.9. The van der Waals surface area contributed by atoms with E-state index in [1.807, 2.05) is 18.7 Å². The number of hydrogen-bond donors (Lipinski definition) is 1. The van der Waals surface area contributed by atoms with Crippen LogP contribution in [0.4, 0.5) is 8.78 Å². The van der Waals surface area contributed by atoms with Crippen LogP contribution < -0.4 is 0 Å². The molecule has 1 aromatic carbocycles. The summed E-state index contributed by atoms with van der Waals surface area (Å²) in [6, 6.07) is 3.81. The zero-order valence-corrected chi connectivity index (χ0v) is 14.6. The lowest BCUT2D eigenvalue weighted by atomic mass is 9.95. The molecule has 0 aliphatic carbocycles. The summed E-state index contributed by atoms with van der Waals surface area (Å²) in [6.07, 6.45) is 4.22. The van der Waals surface area contributed by atoms with Crippen LogP contribution in [-0.2, 0) is 4.79 Å². The minimum Gasteiger partial charge on any atom is -0.342 e. The highest BCUT2D eigenvalue weighted by molar-refractivity contribution is 5.78. The number of likely N-dealkylation sites (tertiary alicyclic amines) is 1. The Morgan fingerprint density at radius 1 is 1.32 bits per heavy atom. The average Bonchev–Trinajstić information content (AvgIpc) is 3.13. The van der Waals surface area contributed by atoms with Gasteiger partial charge in [0.15, 0.2) is 11.6 Å². The van der Waals surface area contributed by atoms with E-state index in [1.165, 1.54) is 12.1 Å². The third-order valence-electron chi connectivity index (χ3n) is 5.05. The molecule has 2 aromatic rings. The third kappa shape index (κ3) is 3.72. The van der Waals surface area contributed by atoms with Gasteiger partial charge in [-0.25, -0.2) is 13.8 Å². The van der Waals surface area contributed by atoms with Crippen molar-refractivity contribution in [2.45, 2.75) is 39.0 Å². The summed E-state index contributed by atoms with van der Waals surface area (Å²) in [5.41, 5.74) is 1.24. The lowest BCUT2D eigenvalue weighted by Crippen LogP contribution is -2.40. The second-order valence-corrected chi connectivity index (χ2v) is 6.72. The smallest absolute Gasteiger partial charge is 0.225 e. The first-order valence-electron chi connectivity index (χ1n) is 8.78. The van der Waals surface area contributed by atoms with Crippen molar-refractivity contribution in [1.29, 1.82) is 0 Å². The number of nitrogens with one attached hydrogen (secondary N) is 1. The van der Waals surface area contributed by atoms with Crippen molar-refractivity contribution >= 4 is 5.91 Å². The molecule has 1 aliphatic heterocycles. The summed E-state index contributed by atoms with van der Waals surface area (Å²) in [6.45, 7) is 5.46. The van der Waals surface area contributed by atoms with Crippen molar-refractivity contribution in [2.75, 3.05) is 13.1 Å². The molecule has 1 fully saturated rings. The van der Waals surface area contributed by atoms with Gasteiger partial charge in [0.05, 0.1) is 11.9 Å². The second-order valence-electron chi connectivity index (χ2n) is 6.72. The van der Waals surface area contributed by atoms with Gasteiger partial charge in [0.1, 0.15) is 5.82 Å². The maximum atomic E-state index is 13.4. The van der Waals surface area contributed by atoms with Crippen molar-refractivity contribution in [2.24, 2.45) is 5.92 Å². The minimum atomic E-state index is -0.870. The number of aromatic amines is 1. The van der Waals surface area contributed by atoms with Gasteiger partial charge in [-0.3, -0.25) is 4.79 Å². The number of rotatable bonds is 4. The summed E-state index contributed by atoms with van der Waals surface area (Å²) < 4.78 is 26.5. The topological polar surface area (TPSA) is 49.0 Å². The van der Waals surface area contributed by atoms with Gasteiger partial charge in [-0.05, 0) is 37.5 Å². The number of amides is 1. The van der Waals surface area contributed by atoms with Crippen molar-refractivity contribution < 1.29 is 13.6 Å². The summed E-state index contributed by atoms with van der Waals surface area (Å²) in [5.74, 6) is -0.342. The number of imidazole rings is 1. The fourth-order valence-corrected chi connectivity index (χ4v) is 3.21. The Bertz CT molecular complexity index is 751. The van der Waals surface area contributed by atoms with E-state index >= 15 is 0 Å². The second kappa shape index (κ2) is 7.33. The largest absolute Gasteiger partial charge is 0.342 e. The van der Waals surface area contributed by atoms with E-state index in [4.69, 9.17) is 0 Å². The molecule has 0 radical (unpaired) electrons. The molecule has 1 atom stereocenters. The Hall–Kier alpha value is -2.24. The van der Waals surface area contributed by atoms with Crippen molar-refractivity contribution in [1.82, 2.24) is 14.9 Å². The highest BCUT2D eigenvalue weighted by atomic mass is 19.2. The number of carbonyl (C=O) groups excluding carboxylic acids is 1. The molecular formula is C19H23F2N3O. The van der Waals surface area contributed by atoms with Gasteiger partial charge in [0, 0.05) is 30.5 Å². The Morgan fingerprint density at radius 2 is 2.04 bits per heavy atom. The fraction of sp³-hybridized carbons (Fsp3) is 0.474. The lowest BCUT2D eigenvalue weighted by Gasteiger charge is -2.32. The van der Waals surface area contributed by atoms with Crippen LogP contribution >= 0.6 is 0 Å². The van der Waals surface area contributed by atoms with E-state index in [1.54, 1.807) is 6.20 Å². The Labute approximate surface area is 146 Å². The molecule has 1 aliphatic rings. The average molecular weight is 347 g/mol. The summed E-state index contributed by atoms with van der Waals surface area (Å²) >= 11 is 0. The van der Waals surface area contributed by atoms with Crippen LogP contribution in [0.5, 0.6) is 0 Å². The Kier molecular flexibility index (Phi) is 5.16. The van der Waals surface area contributed by atoms with E-state index in [0.717, 1.165) is 44.2 Å². The summed E-state index contributed by atoms with van der Waals surface area (Å²) in [5, 5.41) is 0. The molecule has 1 saturated heterocycles. The number of benzene rings is 1. The number of nitrogens with zero attached hydrogens (tertiary/aromatic N) is 2. The molecule has 4 nitrogen and oxygen atoms in total. The Morgan fingerprint density at radius 3 is 2.68 bits per heavy atom. The summed E-state index contributed by atoms with van der Waals surface area (Å²) in [7, 11) is 0. The molecule has 2 heterocycles. The molecule has 0 bridgehead atoms. The molecule has 0 spiro atoms. The number of piperidine rings is 1. The third-order valence-corrected chi connectivity index (χ3v) is 5.05. The minimum absolute atomic E-state index is 0.0696. The van der Waals surface area contributed by atoms with Crippen LogP contribution in [-0.4, -0.2) is 33.9 Å². The maximum Gasteiger partial charge on any atom is 0.225 e. The molecule has 0 unspecified atom stereocenters. The lowest BCUT2D eigenvalue weighted by molar-refractivity contribution is -0.136. The van der Waals surface area contributed by atoms with Crippen LogP contribution in [0.3, 0.4) is 0 Å². The van der Waals surface area contributed by atoms with E-state index in [0.29, 0.717) is 11.3 Å². The van der Waals surface area contributed by atoms with Crippen LogP contribution in [0.25, 0.3) is 11.3 Å². The first-order valence-corrected chi connectivity index (χ1v) is 8.78. The molecular weight excluding hydrogens is 324 g/mol. The zero-order valence-electron chi connectivity index (χ0n) is 14.6. The van der Waals surface area contributed by atoms with E-state index < -0.39 is 11.6 Å². The van der Waals surface area contributed by atoms with Crippen molar-refractivity contribution in [3.05, 3.63) is 41.9 Å². The molecule has 3 rings (SSSR count). The van der Waals surface area contributed by atoms with Gasteiger partial charge in [0.25, 0.3) is 0 Å². The van der Waals surface area contributed by atoms with Crippen molar-refractivity contribution in [3.8, 4) is 11.3 Å². The van der Waals surface area contributed by atoms with Gasteiger partial charge in [-0.1, -0.05) is 13.8 Å². The quantitative estimate of drug-likeness (QED) is 0.905. The predicted molar refractivity (Wildman–Crippen MR) is 91.9 cm³/mol. The number of aromatic nitrogens is 2. The Balaban J connectivity index is 1.66. The number of carbonyl (C=O) groups is 1. The van der Waals surface area contributed by atoms with E-state index in [-0.39, 0.29) is 17.7 Å². The van der Waals surface area contributed by atoms with Crippen molar-refractivity contribution in [3.63, 3.8) is 0 Å². The highest BCUT2D eigenvalue weighted by Crippen LogP contribution is 2.29. The standard InChI is InChI=1S/C19H23F2N3O/c1-3-12(2)19(25)24-8-6-13(7-9-24)18-22-11-17(23-18)14-4-5-15(20)16(21)10-14/h4-5,10-13H,3,6-9H2,1-2H3,(H,22,23)/t12-/m0/s1. The van der Waals surface area contributed by atoms with Gasteiger partial charge in [0.2, 0.25) is 5.91 Å². The highest BCUT2D eigenvalue weighted by Gasteiger charge is 2.27. The molecule has 1 amide bonds. The number of hydrogen-bond acceptors (Lipinski definition) is 2. The predicted octanol–water partition coefficient (Wildman–Crippen LogP) is 4.11. The van der Waals surface area contributed by atoms with Crippen LogP contribution in [0.15, 0.2) is 24.4 Å². The SMILES string of the molecule is CC[C@H](C)C(=O)N1CCC(c2ncc(-c3ccc(F)c(F)c3)[nH]2)CC1. The first-order chi connectivity index (χ1) is 12.0. The van der Waals surface area contributed by atoms with E-state index in [9.17, 15) is 13.6 Å². The summed E-state index contributed by atoms with van der Waals surface area (Å²) in [4.78, 5) is 21.8. The monoisotopic (exact) mass is 347 g/mol. The molecule has 6 heteroatoms. The number of halogens is 2.